The number of hydrogen-bond donors (Lipinski definition) is 2. The first-order valence-electron chi connectivity index (χ1n) is 6.46. The Kier molecular flexibility index (Phi) is 4.75. The van der Waals surface area contributed by atoms with Crippen LogP contribution in [0.5, 0.6) is 0 Å². The number of halogens is 1. The zero-order valence-corrected chi connectivity index (χ0v) is 12.9. The van der Waals surface area contributed by atoms with Crippen molar-refractivity contribution in [1.82, 2.24) is 5.43 Å². The van der Waals surface area contributed by atoms with E-state index < -0.39 is 0 Å². The zero-order valence-electron chi connectivity index (χ0n) is 11.3. The van der Waals surface area contributed by atoms with Gasteiger partial charge in [0.2, 0.25) is 0 Å². The normalized spacial score (nSPS) is 12.4. The summed E-state index contributed by atoms with van der Waals surface area (Å²) in [6, 6.07) is 14.9. The molecule has 100 valence electrons. The number of benzene rings is 2. The van der Waals surface area contributed by atoms with E-state index in [-0.39, 0.29) is 6.04 Å². The monoisotopic (exact) mass is 318 g/mol. The van der Waals surface area contributed by atoms with Crippen LogP contribution in [-0.4, -0.2) is 0 Å². The lowest BCUT2D eigenvalue weighted by Gasteiger charge is -2.18. The summed E-state index contributed by atoms with van der Waals surface area (Å²) in [6.07, 6.45) is 1.03. The molecule has 2 aromatic carbocycles. The van der Waals surface area contributed by atoms with Crippen molar-refractivity contribution in [2.24, 2.45) is 5.84 Å². The van der Waals surface area contributed by atoms with Crippen molar-refractivity contribution >= 4 is 15.9 Å². The van der Waals surface area contributed by atoms with Crippen LogP contribution in [0.25, 0.3) is 0 Å². The molecule has 0 saturated heterocycles. The van der Waals surface area contributed by atoms with E-state index in [9.17, 15) is 0 Å². The highest BCUT2D eigenvalue weighted by atomic mass is 79.9. The molecule has 0 aliphatic carbocycles. The first-order valence-corrected chi connectivity index (χ1v) is 7.26. The van der Waals surface area contributed by atoms with E-state index in [0.29, 0.717) is 0 Å². The van der Waals surface area contributed by atoms with Crippen molar-refractivity contribution in [3.05, 3.63) is 69.2 Å². The third-order valence-corrected chi connectivity index (χ3v) is 4.26. The van der Waals surface area contributed by atoms with Crippen molar-refractivity contribution in [3.63, 3.8) is 0 Å². The molecule has 2 aromatic rings. The standard InChI is InChI=1S/C16H19BrN2/c1-3-12-5-4-6-13(10-12)16(19-18)14-7-8-15(17)11(2)9-14/h4-10,16,19H,3,18H2,1-2H3. The number of hydrazine groups is 1. The van der Waals surface area contributed by atoms with Gasteiger partial charge in [-0.05, 0) is 41.7 Å². The molecule has 0 saturated carbocycles. The summed E-state index contributed by atoms with van der Waals surface area (Å²) in [7, 11) is 0. The van der Waals surface area contributed by atoms with Gasteiger partial charge in [-0.3, -0.25) is 5.84 Å². The largest absolute Gasteiger partial charge is 0.271 e. The molecule has 3 N–H and O–H groups in total. The Labute approximate surface area is 123 Å². The summed E-state index contributed by atoms with van der Waals surface area (Å²) in [4.78, 5) is 0. The maximum Gasteiger partial charge on any atom is 0.0710 e. The average Bonchev–Trinajstić information content (AvgIpc) is 2.44. The fourth-order valence-corrected chi connectivity index (χ4v) is 2.47. The minimum Gasteiger partial charge on any atom is -0.271 e. The molecule has 19 heavy (non-hydrogen) atoms. The summed E-state index contributed by atoms with van der Waals surface area (Å²) >= 11 is 3.53. The van der Waals surface area contributed by atoms with Crippen LogP contribution in [0.4, 0.5) is 0 Å². The van der Waals surface area contributed by atoms with E-state index in [1.54, 1.807) is 0 Å². The molecule has 0 heterocycles. The van der Waals surface area contributed by atoms with E-state index in [0.717, 1.165) is 10.9 Å². The molecule has 0 amide bonds. The minimum atomic E-state index is 0.0262. The minimum absolute atomic E-state index is 0.0262. The van der Waals surface area contributed by atoms with E-state index in [1.165, 1.54) is 22.3 Å². The predicted molar refractivity (Wildman–Crippen MR) is 83.9 cm³/mol. The van der Waals surface area contributed by atoms with Crippen LogP contribution in [0.2, 0.25) is 0 Å². The van der Waals surface area contributed by atoms with Crippen LogP contribution < -0.4 is 11.3 Å². The van der Waals surface area contributed by atoms with Gasteiger partial charge in [0.25, 0.3) is 0 Å². The molecule has 0 aromatic heterocycles. The van der Waals surface area contributed by atoms with E-state index >= 15 is 0 Å². The summed E-state index contributed by atoms with van der Waals surface area (Å²) in [5.41, 5.74) is 7.83. The third kappa shape index (κ3) is 3.24. The molecular weight excluding hydrogens is 300 g/mol. The maximum absolute atomic E-state index is 5.75. The fourth-order valence-electron chi connectivity index (χ4n) is 2.22. The van der Waals surface area contributed by atoms with Crippen LogP contribution in [0.3, 0.4) is 0 Å². The molecule has 0 aliphatic rings. The van der Waals surface area contributed by atoms with Gasteiger partial charge in [0.05, 0.1) is 6.04 Å². The summed E-state index contributed by atoms with van der Waals surface area (Å²) in [5, 5.41) is 0. The van der Waals surface area contributed by atoms with Crippen LogP contribution in [0.15, 0.2) is 46.9 Å². The number of nitrogens with one attached hydrogen (secondary N) is 1. The Bertz CT molecular complexity index is 566. The SMILES string of the molecule is CCc1cccc(C(NN)c2ccc(Br)c(C)c2)c1. The van der Waals surface area contributed by atoms with Gasteiger partial charge in [-0.1, -0.05) is 59.3 Å². The molecule has 2 nitrogen and oxygen atoms in total. The van der Waals surface area contributed by atoms with Gasteiger partial charge in [-0.2, -0.15) is 0 Å². The van der Waals surface area contributed by atoms with Crippen LogP contribution in [-0.2, 0) is 6.42 Å². The number of hydrogen-bond acceptors (Lipinski definition) is 2. The molecule has 0 fully saturated rings. The molecule has 0 aliphatic heterocycles. The number of aryl methyl sites for hydroxylation is 2. The predicted octanol–water partition coefficient (Wildman–Crippen LogP) is 3.87. The van der Waals surface area contributed by atoms with Crippen LogP contribution >= 0.6 is 15.9 Å². The van der Waals surface area contributed by atoms with Crippen LogP contribution in [0.1, 0.15) is 35.2 Å². The Hall–Kier alpha value is -1.16. The van der Waals surface area contributed by atoms with E-state index in [4.69, 9.17) is 5.84 Å². The van der Waals surface area contributed by atoms with Crippen molar-refractivity contribution in [1.29, 1.82) is 0 Å². The zero-order chi connectivity index (χ0) is 13.8. The quantitative estimate of drug-likeness (QED) is 0.663. The van der Waals surface area contributed by atoms with Gasteiger partial charge in [-0.25, -0.2) is 5.43 Å². The summed E-state index contributed by atoms with van der Waals surface area (Å²) in [6.45, 7) is 4.25. The average molecular weight is 319 g/mol. The van der Waals surface area contributed by atoms with E-state index in [2.05, 4.69) is 77.7 Å². The third-order valence-electron chi connectivity index (χ3n) is 3.37. The van der Waals surface area contributed by atoms with Gasteiger partial charge in [0, 0.05) is 4.47 Å². The lowest BCUT2D eigenvalue weighted by Crippen LogP contribution is -2.29. The fraction of sp³-hybridized carbons (Fsp3) is 0.250. The molecule has 1 unspecified atom stereocenters. The van der Waals surface area contributed by atoms with Gasteiger partial charge >= 0.3 is 0 Å². The topological polar surface area (TPSA) is 38.0 Å². The summed E-state index contributed by atoms with van der Waals surface area (Å²) in [5.74, 6) is 5.75. The Morgan fingerprint density at radius 3 is 2.53 bits per heavy atom. The smallest absolute Gasteiger partial charge is 0.0710 e. The highest BCUT2D eigenvalue weighted by Gasteiger charge is 2.13. The van der Waals surface area contributed by atoms with Gasteiger partial charge < -0.3 is 0 Å². The molecule has 0 spiro atoms. The lowest BCUT2D eigenvalue weighted by molar-refractivity contribution is 0.635. The molecule has 0 radical (unpaired) electrons. The Morgan fingerprint density at radius 2 is 1.89 bits per heavy atom. The van der Waals surface area contributed by atoms with Crippen molar-refractivity contribution in [3.8, 4) is 0 Å². The van der Waals surface area contributed by atoms with Gasteiger partial charge in [-0.15, -0.1) is 0 Å². The van der Waals surface area contributed by atoms with Crippen molar-refractivity contribution in [2.75, 3.05) is 0 Å². The Balaban J connectivity index is 2.40. The molecule has 1 atom stereocenters. The number of nitrogens with two attached hydrogens (primary N) is 1. The van der Waals surface area contributed by atoms with Crippen LogP contribution in [0, 0.1) is 6.92 Å². The molecular formula is C16H19BrN2. The van der Waals surface area contributed by atoms with E-state index in [1.807, 2.05) is 0 Å². The highest BCUT2D eigenvalue weighted by molar-refractivity contribution is 9.10. The second-order valence-electron chi connectivity index (χ2n) is 4.71. The molecule has 0 bridgehead atoms. The Morgan fingerprint density at radius 1 is 1.16 bits per heavy atom. The number of rotatable bonds is 4. The van der Waals surface area contributed by atoms with Gasteiger partial charge in [0.15, 0.2) is 0 Å². The second-order valence-corrected chi connectivity index (χ2v) is 5.56. The van der Waals surface area contributed by atoms with Gasteiger partial charge in [0.1, 0.15) is 0 Å². The first-order chi connectivity index (χ1) is 9.15. The van der Waals surface area contributed by atoms with Crippen molar-refractivity contribution < 1.29 is 0 Å². The summed E-state index contributed by atoms with van der Waals surface area (Å²) < 4.78 is 1.12. The second kappa shape index (κ2) is 6.33. The molecule has 2 rings (SSSR count). The lowest BCUT2D eigenvalue weighted by atomic mass is 9.96. The first kappa shape index (κ1) is 14.3. The molecule has 3 heteroatoms. The highest BCUT2D eigenvalue weighted by Crippen LogP contribution is 2.26. The maximum atomic E-state index is 5.75. The van der Waals surface area contributed by atoms with Crippen molar-refractivity contribution in [2.45, 2.75) is 26.3 Å².